The molecule has 0 bridgehead atoms. The molecule has 0 unspecified atom stereocenters. The highest BCUT2D eigenvalue weighted by Crippen LogP contribution is 2.47. The molecule has 6 aliphatic heterocycles. The van der Waals surface area contributed by atoms with Crippen molar-refractivity contribution < 1.29 is 14.2 Å². The van der Waals surface area contributed by atoms with Gasteiger partial charge in [-0.3, -0.25) is 0 Å². The summed E-state index contributed by atoms with van der Waals surface area (Å²) in [5, 5.41) is 0. The van der Waals surface area contributed by atoms with E-state index in [1.807, 2.05) is 0 Å². The molecule has 10 aromatic carbocycles. The number of hydrogen-bond acceptors (Lipinski definition) is 6. The topological polar surface area (TPSA) is 37.4 Å². The Balaban J connectivity index is 0.962. The zero-order valence-corrected chi connectivity index (χ0v) is 37.1. The van der Waals surface area contributed by atoms with Gasteiger partial charge in [0.15, 0.2) is 0 Å². The van der Waals surface area contributed by atoms with E-state index in [-0.39, 0.29) is 20.1 Å². The van der Waals surface area contributed by atoms with Crippen molar-refractivity contribution in [2.24, 2.45) is 0 Å². The number of para-hydroxylation sites is 5. The molecule has 9 heteroatoms. The minimum absolute atomic E-state index is 0.0833. The molecule has 0 fully saturated rings. The summed E-state index contributed by atoms with van der Waals surface area (Å²) in [6, 6.07) is 78.4. The maximum atomic E-state index is 7.56. The molecule has 0 saturated heterocycles. The zero-order chi connectivity index (χ0) is 44.9. The third-order valence-corrected chi connectivity index (χ3v) is 15.2. The highest BCUT2D eigenvalue weighted by atomic mass is 16.5. The molecule has 0 radical (unpaired) electrons. The molecule has 10 aromatic rings. The largest absolute Gasteiger partial charge is 0.459 e. The molecule has 0 N–H and O–H groups in total. The molecule has 6 aliphatic rings. The van der Waals surface area contributed by atoms with Crippen LogP contribution in [0.2, 0.25) is 0 Å². The lowest BCUT2D eigenvalue weighted by Crippen LogP contribution is -2.66. The maximum absolute atomic E-state index is 7.56. The van der Waals surface area contributed by atoms with Crippen molar-refractivity contribution in [2.75, 3.05) is 14.7 Å². The third-order valence-electron chi connectivity index (χ3n) is 15.2. The second kappa shape index (κ2) is 13.9. The number of nitrogens with zero attached hydrogens (tertiary/aromatic N) is 3. The number of hydrogen-bond donors (Lipinski definition) is 0. The van der Waals surface area contributed by atoms with E-state index >= 15 is 0 Å². The Kier molecular flexibility index (Phi) is 7.50. The van der Waals surface area contributed by atoms with Gasteiger partial charge in [0.25, 0.3) is 20.1 Å². The van der Waals surface area contributed by atoms with Crippen molar-refractivity contribution in [3.63, 3.8) is 0 Å². The summed E-state index contributed by atoms with van der Waals surface area (Å²) >= 11 is 0. The van der Waals surface area contributed by atoms with Gasteiger partial charge in [0.05, 0.1) is 0 Å². The van der Waals surface area contributed by atoms with Gasteiger partial charge in [-0.1, -0.05) is 121 Å². The van der Waals surface area contributed by atoms with E-state index in [2.05, 4.69) is 233 Å². The van der Waals surface area contributed by atoms with Crippen LogP contribution in [0.15, 0.2) is 218 Å². The van der Waals surface area contributed by atoms with Crippen molar-refractivity contribution in [2.45, 2.75) is 0 Å². The molecular weight excluding hydrogens is 843 g/mol. The molecular formula is C60H36B3N3O3. The molecule has 0 spiro atoms. The van der Waals surface area contributed by atoms with Gasteiger partial charge in [-0.2, -0.15) is 0 Å². The van der Waals surface area contributed by atoms with Crippen LogP contribution in [-0.2, 0) is 0 Å². The van der Waals surface area contributed by atoms with Crippen molar-refractivity contribution in [1.82, 2.24) is 0 Å². The summed E-state index contributed by atoms with van der Waals surface area (Å²) in [5.74, 6) is 5.05. The van der Waals surface area contributed by atoms with Crippen molar-refractivity contribution in [3.05, 3.63) is 218 Å². The van der Waals surface area contributed by atoms with Crippen LogP contribution in [-0.4, -0.2) is 20.1 Å². The Labute approximate surface area is 400 Å². The van der Waals surface area contributed by atoms with Gasteiger partial charge in [0, 0.05) is 56.6 Å². The fraction of sp³-hybridized carbons (Fsp3) is 0. The van der Waals surface area contributed by atoms with Crippen LogP contribution in [0.1, 0.15) is 0 Å². The first-order valence-corrected chi connectivity index (χ1v) is 23.8. The number of ether oxygens (including phenoxy) is 3. The monoisotopic (exact) mass is 879 g/mol. The minimum atomic E-state index is -0.311. The molecule has 6 nitrogen and oxygen atoms in total. The second-order valence-corrected chi connectivity index (χ2v) is 18.6. The second-order valence-electron chi connectivity index (χ2n) is 18.6. The van der Waals surface area contributed by atoms with Crippen LogP contribution in [0.5, 0.6) is 34.5 Å². The van der Waals surface area contributed by atoms with Gasteiger partial charge in [0.2, 0.25) is 0 Å². The molecule has 69 heavy (non-hydrogen) atoms. The van der Waals surface area contributed by atoms with E-state index < -0.39 is 0 Å². The van der Waals surface area contributed by atoms with Gasteiger partial charge in [-0.25, -0.2) is 0 Å². The number of fused-ring (bicyclic) bond motifs is 14. The summed E-state index contributed by atoms with van der Waals surface area (Å²) in [7, 11) is 0. The van der Waals surface area contributed by atoms with E-state index in [9.17, 15) is 0 Å². The van der Waals surface area contributed by atoms with Crippen molar-refractivity contribution in [3.8, 4) is 34.5 Å². The number of rotatable bonds is 3. The molecule has 0 aliphatic carbocycles. The molecule has 0 atom stereocenters. The van der Waals surface area contributed by atoms with E-state index in [1.54, 1.807) is 0 Å². The number of anilines is 9. The van der Waals surface area contributed by atoms with Crippen LogP contribution in [0.3, 0.4) is 0 Å². The van der Waals surface area contributed by atoms with Crippen LogP contribution < -0.4 is 78.1 Å². The third kappa shape index (κ3) is 4.98. The van der Waals surface area contributed by atoms with Crippen molar-refractivity contribution >= 4 is 120 Å². The smallest absolute Gasteiger partial charge is 0.266 e. The predicted molar refractivity (Wildman–Crippen MR) is 284 cm³/mol. The fourth-order valence-electron chi connectivity index (χ4n) is 12.6. The Morgan fingerprint density at radius 2 is 0.594 bits per heavy atom. The van der Waals surface area contributed by atoms with Crippen molar-refractivity contribution in [1.29, 1.82) is 0 Å². The van der Waals surface area contributed by atoms with E-state index in [1.165, 1.54) is 21.9 Å². The lowest BCUT2D eigenvalue weighted by molar-refractivity contribution is 0.469. The lowest BCUT2D eigenvalue weighted by Gasteiger charge is -2.45. The first-order chi connectivity index (χ1) is 34.3. The lowest BCUT2D eigenvalue weighted by atomic mass is 9.29. The predicted octanol–water partition coefficient (Wildman–Crippen LogP) is 8.90. The standard InChI is InChI=1S/C60H36B3N3O3/c1-4-17-37(18-5-1)64-44-25-12-10-23-40(44)61-42-33-35-49-57(59(42)68-51-31-15-27-46(64)54(51)61)63-56-48(66(49)39-21-8-3-9-22-39)29-14-30-50(56)67-53-36-34-43-60(58(53)63)69-52-32-16-28-47-55(52)62(43)41-24-11-13-26-45(41)65(47)38-19-6-2-7-20-38/h1-36H. The molecule has 0 amide bonds. The first-order valence-electron chi connectivity index (χ1n) is 23.8. The van der Waals surface area contributed by atoms with Crippen LogP contribution in [0, 0.1) is 0 Å². The van der Waals surface area contributed by atoms with Gasteiger partial charge in [0.1, 0.15) is 34.5 Å². The molecule has 318 valence electrons. The summed E-state index contributed by atoms with van der Waals surface area (Å²) in [4.78, 5) is 7.17. The fourth-order valence-corrected chi connectivity index (χ4v) is 12.6. The summed E-state index contributed by atoms with van der Waals surface area (Å²) in [6.45, 7) is -0.479. The summed E-state index contributed by atoms with van der Waals surface area (Å²) in [6.07, 6.45) is 0. The highest BCUT2D eigenvalue weighted by molar-refractivity contribution is 7.04. The summed E-state index contributed by atoms with van der Waals surface area (Å²) in [5.41, 5.74) is 20.2. The maximum Gasteiger partial charge on any atom is 0.266 e. The summed E-state index contributed by atoms with van der Waals surface area (Å²) < 4.78 is 22.2. The van der Waals surface area contributed by atoms with Gasteiger partial charge in [-0.15, -0.1) is 0 Å². The average Bonchev–Trinajstić information content (AvgIpc) is 3.41. The van der Waals surface area contributed by atoms with Gasteiger partial charge >= 0.3 is 0 Å². The molecule has 16 rings (SSSR count). The Bertz CT molecular complexity index is 3830. The van der Waals surface area contributed by atoms with E-state index in [4.69, 9.17) is 14.2 Å². The molecule has 6 heterocycles. The Morgan fingerprint density at radius 1 is 0.232 bits per heavy atom. The first kappa shape index (κ1) is 37.3. The Morgan fingerprint density at radius 3 is 1.10 bits per heavy atom. The number of benzene rings is 10. The van der Waals surface area contributed by atoms with Gasteiger partial charge < -0.3 is 28.9 Å². The van der Waals surface area contributed by atoms with E-state index in [0.29, 0.717) is 0 Å². The molecule has 0 saturated carbocycles. The zero-order valence-electron chi connectivity index (χ0n) is 37.1. The quantitative estimate of drug-likeness (QED) is 0.165. The minimum Gasteiger partial charge on any atom is -0.459 e. The average molecular weight is 879 g/mol. The van der Waals surface area contributed by atoms with Crippen LogP contribution >= 0.6 is 0 Å². The highest BCUT2D eigenvalue weighted by Gasteiger charge is 2.51. The Hall–Kier alpha value is -8.81. The van der Waals surface area contributed by atoms with Gasteiger partial charge in [-0.05, 0) is 141 Å². The van der Waals surface area contributed by atoms with Crippen LogP contribution in [0.25, 0.3) is 0 Å². The normalized spacial score (nSPS) is 14.3. The SMILES string of the molecule is c1ccc(N2c3ccccc3B3c4ccc5c(c4Oc4cccc2c43)B2c3c(cccc3N(c3ccccc3)c3ccc4c(c32)Oc2cccc3c2B4c2ccccc2N3c2ccccc2)O5)cc1. The van der Waals surface area contributed by atoms with E-state index in [0.717, 1.165) is 113 Å². The van der Waals surface area contributed by atoms with Crippen LogP contribution in [0.4, 0.5) is 51.2 Å². The molecule has 0 aromatic heterocycles.